The number of carboxylic acid groups (broad SMARTS) is 1. The van der Waals surface area contributed by atoms with E-state index in [4.69, 9.17) is 34.0 Å². The number of aromatic nitrogens is 3. The van der Waals surface area contributed by atoms with Crippen molar-refractivity contribution in [3.8, 4) is 5.69 Å². The molecule has 1 aromatic heterocycles. The zero-order valence-corrected chi connectivity index (χ0v) is 13.6. The topological polar surface area (TPSA) is 94.0 Å². The van der Waals surface area contributed by atoms with Crippen molar-refractivity contribution in [3.63, 3.8) is 0 Å². The van der Waals surface area contributed by atoms with E-state index in [0.717, 1.165) is 11.8 Å². The number of carbonyl (C=O) groups is 1. The Morgan fingerprint density at radius 1 is 1.40 bits per heavy atom. The van der Waals surface area contributed by atoms with Crippen molar-refractivity contribution in [1.29, 1.82) is 0 Å². The number of nitrogens with two attached hydrogens (primary N) is 1. The molecule has 0 bridgehead atoms. The van der Waals surface area contributed by atoms with Crippen LogP contribution in [-0.2, 0) is 4.79 Å². The number of nitrogen functional groups attached to an aromatic ring is 1. The third kappa shape index (κ3) is 3.20. The van der Waals surface area contributed by atoms with Crippen LogP contribution in [0.1, 0.15) is 0 Å². The van der Waals surface area contributed by atoms with Crippen LogP contribution in [-0.4, -0.2) is 31.6 Å². The van der Waals surface area contributed by atoms with Gasteiger partial charge in [0.25, 0.3) is 0 Å². The molecule has 0 radical (unpaired) electrons. The van der Waals surface area contributed by atoms with Gasteiger partial charge in [-0.25, -0.2) is 0 Å². The number of aliphatic carboxylic acids is 1. The Morgan fingerprint density at radius 2 is 2.00 bits per heavy atom. The molecule has 0 saturated carbocycles. The average Bonchev–Trinajstić information content (AvgIpc) is 2.67. The van der Waals surface area contributed by atoms with Crippen molar-refractivity contribution >= 4 is 62.8 Å². The summed E-state index contributed by atoms with van der Waals surface area (Å²) in [4.78, 5) is 10.6. The maximum atomic E-state index is 10.6. The van der Waals surface area contributed by atoms with Crippen molar-refractivity contribution in [2.45, 2.75) is 5.16 Å². The van der Waals surface area contributed by atoms with Gasteiger partial charge in [-0.1, -0.05) is 50.9 Å². The summed E-state index contributed by atoms with van der Waals surface area (Å²) in [7, 11) is 0. The summed E-state index contributed by atoms with van der Waals surface area (Å²) in [6.07, 6.45) is 0. The van der Waals surface area contributed by atoms with E-state index in [9.17, 15) is 4.79 Å². The predicted octanol–water partition coefficient (Wildman–Crippen LogP) is 3.10. The van der Waals surface area contributed by atoms with Gasteiger partial charge < -0.3 is 10.8 Å². The molecule has 20 heavy (non-hydrogen) atoms. The maximum absolute atomic E-state index is 10.6. The molecule has 10 heteroatoms. The lowest BCUT2D eigenvalue weighted by Gasteiger charge is -2.11. The molecule has 1 aromatic carbocycles. The molecule has 106 valence electrons. The lowest BCUT2D eigenvalue weighted by atomic mass is 10.3. The van der Waals surface area contributed by atoms with Crippen molar-refractivity contribution in [2.24, 2.45) is 0 Å². The molecule has 0 amide bonds. The largest absolute Gasteiger partial charge is 0.481 e. The SMILES string of the molecule is Nc1nnc(SCC(=O)O)n1-c1c(Cl)cc(Br)cc1Cl. The smallest absolute Gasteiger partial charge is 0.313 e. The number of hydrogen-bond donors (Lipinski definition) is 2. The molecule has 1 heterocycles. The first-order valence-corrected chi connectivity index (χ1v) is 7.64. The molecule has 0 fully saturated rings. The fourth-order valence-corrected chi connectivity index (χ4v) is 3.50. The number of carboxylic acids is 1. The third-order valence-electron chi connectivity index (χ3n) is 2.19. The summed E-state index contributed by atoms with van der Waals surface area (Å²) in [5, 5.41) is 17.3. The minimum absolute atomic E-state index is 0.0732. The van der Waals surface area contributed by atoms with Crippen LogP contribution in [0, 0.1) is 0 Å². The van der Waals surface area contributed by atoms with Gasteiger partial charge in [-0.2, -0.15) is 0 Å². The highest BCUT2D eigenvalue weighted by molar-refractivity contribution is 9.10. The number of hydrogen-bond acceptors (Lipinski definition) is 5. The molecule has 3 N–H and O–H groups in total. The highest BCUT2D eigenvalue weighted by Gasteiger charge is 2.19. The molecule has 2 aromatic rings. The van der Waals surface area contributed by atoms with Gasteiger partial charge in [-0.15, -0.1) is 10.2 Å². The zero-order valence-electron chi connectivity index (χ0n) is 9.68. The first-order chi connectivity index (χ1) is 9.40. The second-order valence-corrected chi connectivity index (χ2v) is 6.25. The minimum atomic E-state index is -0.976. The number of nitrogens with zero attached hydrogens (tertiary/aromatic N) is 3. The van der Waals surface area contributed by atoms with Gasteiger partial charge in [0, 0.05) is 4.47 Å². The van der Waals surface area contributed by atoms with E-state index in [2.05, 4.69) is 26.1 Å². The van der Waals surface area contributed by atoms with Crippen LogP contribution in [0.5, 0.6) is 0 Å². The molecule has 0 aliphatic heterocycles. The molecule has 2 rings (SSSR count). The van der Waals surface area contributed by atoms with Crippen molar-refractivity contribution in [1.82, 2.24) is 14.8 Å². The molecule has 0 atom stereocenters. The Kier molecular flexibility index (Phi) is 4.79. The molecule has 0 unspecified atom stereocenters. The third-order valence-corrected chi connectivity index (χ3v) is 4.14. The van der Waals surface area contributed by atoms with E-state index in [1.165, 1.54) is 4.57 Å². The Hall–Kier alpha value is -0.960. The van der Waals surface area contributed by atoms with Crippen LogP contribution < -0.4 is 5.73 Å². The first kappa shape index (κ1) is 15.4. The summed E-state index contributed by atoms with van der Waals surface area (Å²) >= 11 is 16.6. The quantitative estimate of drug-likeness (QED) is 0.769. The van der Waals surface area contributed by atoms with Crippen LogP contribution in [0.4, 0.5) is 5.95 Å². The van der Waals surface area contributed by atoms with Gasteiger partial charge >= 0.3 is 5.97 Å². The van der Waals surface area contributed by atoms with Gasteiger partial charge in [-0.05, 0) is 12.1 Å². The van der Waals surface area contributed by atoms with E-state index in [1.54, 1.807) is 12.1 Å². The minimum Gasteiger partial charge on any atom is -0.481 e. The normalized spacial score (nSPS) is 10.8. The van der Waals surface area contributed by atoms with Gasteiger partial charge in [0.2, 0.25) is 5.95 Å². The number of thioether (sulfide) groups is 1. The molecule has 0 saturated heterocycles. The summed E-state index contributed by atoms with van der Waals surface area (Å²) in [6.45, 7) is 0. The first-order valence-electron chi connectivity index (χ1n) is 5.10. The second kappa shape index (κ2) is 6.21. The van der Waals surface area contributed by atoms with Gasteiger partial charge in [-0.3, -0.25) is 9.36 Å². The molecule has 0 aliphatic carbocycles. The van der Waals surface area contributed by atoms with Crippen LogP contribution in [0.25, 0.3) is 5.69 Å². The lowest BCUT2D eigenvalue weighted by Crippen LogP contribution is -2.05. The standard InChI is InChI=1S/C10H7BrCl2N4O2S/c11-4-1-5(12)8(6(13)2-4)17-9(14)15-16-10(17)20-3-7(18)19/h1-2H,3H2,(H2,14,15)(H,18,19). The van der Waals surface area contributed by atoms with E-state index in [-0.39, 0.29) is 11.7 Å². The fraction of sp³-hybridized carbons (Fsp3) is 0.100. The number of rotatable bonds is 4. The summed E-state index contributed by atoms with van der Waals surface area (Å²) in [5.41, 5.74) is 6.16. The number of benzene rings is 1. The van der Waals surface area contributed by atoms with Crippen molar-refractivity contribution in [3.05, 3.63) is 26.7 Å². The van der Waals surface area contributed by atoms with E-state index < -0.39 is 5.97 Å². The Bertz CT molecular complexity index is 656. The van der Waals surface area contributed by atoms with Gasteiger partial charge in [0.15, 0.2) is 5.16 Å². The maximum Gasteiger partial charge on any atom is 0.313 e. The zero-order chi connectivity index (χ0) is 14.9. The summed E-state index contributed by atoms with van der Waals surface area (Å²) < 4.78 is 2.13. The Balaban J connectivity index is 2.52. The van der Waals surface area contributed by atoms with Crippen molar-refractivity contribution < 1.29 is 9.90 Å². The van der Waals surface area contributed by atoms with E-state index in [1.807, 2.05) is 0 Å². The average molecular weight is 398 g/mol. The Labute approximate surface area is 136 Å². The molecule has 0 spiro atoms. The van der Waals surface area contributed by atoms with Crippen molar-refractivity contribution in [2.75, 3.05) is 11.5 Å². The highest BCUT2D eigenvalue weighted by atomic mass is 79.9. The fourth-order valence-electron chi connectivity index (χ4n) is 1.46. The lowest BCUT2D eigenvalue weighted by molar-refractivity contribution is -0.133. The molecule has 6 nitrogen and oxygen atoms in total. The number of anilines is 1. The summed E-state index contributed by atoms with van der Waals surface area (Å²) in [6, 6.07) is 3.29. The molecule has 0 aliphatic rings. The highest BCUT2D eigenvalue weighted by Crippen LogP contribution is 2.35. The van der Waals surface area contributed by atoms with Gasteiger partial charge in [0.1, 0.15) is 0 Å². The van der Waals surface area contributed by atoms with Crippen LogP contribution in [0.2, 0.25) is 10.0 Å². The van der Waals surface area contributed by atoms with Crippen LogP contribution >= 0.6 is 50.9 Å². The van der Waals surface area contributed by atoms with E-state index in [0.29, 0.717) is 25.4 Å². The monoisotopic (exact) mass is 396 g/mol. The second-order valence-electron chi connectivity index (χ2n) is 3.58. The van der Waals surface area contributed by atoms with Crippen LogP contribution in [0.3, 0.4) is 0 Å². The molecular weight excluding hydrogens is 391 g/mol. The number of halogens is 3. The van der Waals surface area contributed by atoms with E-state index >= 15 is 0 Å². The van der Waals surface area contributed by atoms with Gasteiger partial charge in [0.05, 0.1) is 21.5 Å². The Morgan fingerprint density at radius 3 is 2.55 bits per heavy atom. The molecular formula is C10H7BrCl2N4O2S. The predicted molar refractivity (Wildman–Crippen MR) is 81.9 cm³/mol. The summed E-state index contributed by atoms with van der Waals surface area (Å²) in [5.74, 6) is -1.08. The van der Waals surface area contributed by atoms with Crippen LogP contribution in [0.15, 0.2) is 21.8 Å².